The molecule has 3 aromatic carbocycles. The van der Waals surface area contributed by atoms with Gasteiger partial charge in [0.05, 0.1) is 10.0 Å². The number of benzene rings is 3. The minimum atomic E-state index is -5.13. The molecule has 3 aromatic rings. The number of rotatable bonds is 4. The van der Waals surface area contributed by atoms with Crippen molar-refractivity contribution < 1.29 is 23.2 Å². The van der Waals surface area contributed by atoms with Crippen molar-refractivity contribution in [3.8, 4) is 11.5 Å². The van der Waals surface area contributed by atoms with Gasteiger partial charge in [0.25, 0.3) is 10.1 Å². The third kappa shape index (κ3) is 3.77. The standard InChI is InChI=1S/C19H12Cl4O5S/c20-11-5-10(6-12(21)7-11)19(29(26,27)28,14-3-1-2-4-17(14)25)15-8-13(24)9-16(22)18(15)23/h1-9,24-25H,(H,26,27,28). The van der Waals surface area contributed by atoms with Gasteiger partial charge in [-0.3, -0.25) is 4.55 Å². The minimum absolute atomic E-state index is 0.0679. The van der Waals surface area contributed by atoms with Crippen molar-refractivity contribution in [2.45, 2.75) is 4.75 Å². The molecule has 0 aliphatic rings. The normalized spacial score (nSPS) is 13.8. The van der Waals surface area contributed by atoms with E-state index in [4.69, 9.17) is 46.4 Å². The third-order valence-electron chi connectivity index (χ3n) is 4.33. The lowest BCUT2D eigenvalue weighted by Crippen LogP contribution is -2.38. The summed E-state index contributed by atoms with van der Waals surface area (Å²) in [5.41, 5.74) is -0.668. The van der Waals surface area contributed by atoms with Crippen LogP contribution < -0.4 is 0 Å². The molecule has 0 aromatic heterocycles. The zero-order valence-corrected chi connectivity index (χ0v) is 18.1. The molecule has 0 saturated carbocycles. The topological polar surface area (TPSA) is 94.8 Å². The van der Waals surface area contributed by atoms with Crippen LogP contribution in [0.5, 0.6) is 11.5 Å². The van der Waals surface area contributed by atoms with Gasteiger partial charge in [0.1, 0.15) is 11.5 Å². The van der Waals surface area contributed by atoms with Gasteiger partial charge < -0.3 is 10.2 Å². The fraction of sp³-hybridized carbons (Fsp3) is 0.0526. The van der Waals surface area contributed by atoms with Crippen molar-refractivity contribution in [3.63, 3.8) is 0 Å². The molecule has 0 amide bonds. The van der Waals surface area contributed by atoms with Gasteiger partial charge in [-0.25, -0.2) is 0 Å². The minimum Gasteiger partial charge on any atom is -0.508 e. The number of hydrogen-bond acceptors (Lipinski definition) is 4. The van der Waals surface area contributed by atoms with Gasteiger partial charge in [0, 0.05) is 27.2 Å². The van der Waals surface area contributed by atoms with Crippen LogP contribution in [0.4, 0.5) is 0 Å². The monoisotopic (exact) mass is 492 g/mol. The lowest BCUT2D eigenvalue weighted by Gasteiger charge is -2.34. The fourth-order valence-electron chi connectivity index (χ4n) is 3.24. The molecule has 0 aliphatic carbocycles. The molecule has 0 saturated heterocycles. The van der Waals surface area contributed by atoms with Gasteiger partial charge in [-0.15, -0.1) is 0 Å². The Kier molecular flexibility index (Phi) is 5.98. The van der Waals surface area contributed by atoms with Crippen LogP contribution in [0.3, 0.4) is 0 Å². The maximum absolute atomic E-state index is 13.0. The Morgan fingerprint density at radius 3 is 1.93 bits per heavy atom. The molecule has 3 rings (SSSR count). The van der Waals surface area contributed by atoms with Gasteiger partial charge in [0.15, 0.2) is 4.75 Å². The van der Waals surface area contributed by atoms with Crippen LogP contribution in [-0.4, -0.2) is 23.2 Å². The molecule has 3 N–H and O–H groups in total. The summed E-state index contributed by atoms with van der Waals surface area (Å²) in [6, 6.07) is 11.5. The first-order valence-electron chi connectivity index (χ1n) is 7.89. The predicted molar refractivity (Wildman–Crippen MR) is 114 cm³/mol. The van der Waals surface area contributed by atoms with Crippen molar-refractivity contribution in [3.05, 3.63) is 91.4 Å². The molecule has 5 nitrogen and oxygen atoms in total. The molecule has 0 heterocycles. The highest BCUT2D eigenvalue weighted by Gasteiger charge is 2.52. The summed E-state index contributed by atoms with van der Waals surface area (Å²) < 4.78 is 33.9. The van der Waals surface area contributed by atoms with Crippen LogP contribution in [0.2, 0.25) is 20.1 Å². The maximum Gasteiger partial charge on any atom is 0.283 e. The van der Waals surface area contributed by atoms with Crippen LogP contribution in [-0.2, 0) is 14.9 Å². The summed E-state index contributed by atoms with van der Waals surface area (Å²) in [5, 5.41) is 20.3. The summed E-state index contributed by atoms with van der Waals surface area (Å²) >= 11 is 24.6. The highest BCUT2D eigenvalue weighted by atomic mass is 35.5. The molecule has 10 heteroatoms. The number of aromatic hydroxyl groups is 2. The van der Waals surface area contributed by atoms with E-state index < -0.39 is 26.4 Å². The molecule has 0 fully saturated rings. The number of hydrogen-bond donors (Lipinski definition) is 3. The first kappa shape index (κ1) is 22.0. The first-order chi connectivity index (χ1) is 13.5. The molecular formula is C19H12Cl4O5S. The van der Waals surface area contributed by atoms with Gasteiger partial charge in [0.2, 0.25) is 0 Å². The van der Waals surface area contributed by atoms with Gasteiger partial charge in [-0.2, -0.15) is 8.42 Å². The number of phenolic OH excluding ortho intramolecular Hbond substituents is 2. The van der Waals surface area contributed by atoms with Crippen LogP contribution >= 0.6 is 46.4 Å². The maximum atomic E-state index is 13.0. The van der Waals surface area contributed by atoms with Crippen LogP contribution in [0.25, 0.3) is 0 Å². The van der Waals surface area contributed by atoms with E-state index in [0.29, 0.717) is 0 Å². The Morgan fingerprint density at radius 2 is 1.38 bits per heavy atom. The molecule has 0 radical (unpaired) electrons. The SMILES string of the molecule is O=S(=O)(O)C(c1cc(Cl)cc(Cl)c1)(c1ccccc1O)c1cc(O)cc(Cl)c1Cl. The number of halogens is 4. The van der Waals surface area contributed by atoms with E-state index in [1.807, 2.05) is 0 Å². The van der Waals surface area contributed by atoms with Crippen molar-refractivity contribution >= 4 is 56.5 Å². The summed E-state index contributed by atoms with van der Waals surface area (Å²) in [7, 11) is -5.13. The van der Waals surface area contributed by atoms with E-state index in [-0.39, 0.29) is 36.8 Å². The molecule has 1 unspecified atom stereocenters. The highest BCUT2D eigenvalue weighted by molar-refractivity contribution is 7.87. The van der Waals surface area contributed by atoms with E-state index in [1.54, 1.807) is 0 Å². The van der Waals surface area contributed by atoms with E-state index in [2.05, 4.69) is 0 Å². The molecule has 29 heavy (non-hydrogen) atoms. The van der Waals surface area contributed by atoms with Crippen LogP contribution in [0.15, 0.2) is 54.6 Å². The van der Waals surface area contributed by atoms with E-state index in [0.717, 1.165) is 12.1 Å². The number of para-hydroxylation sites is 1. The number of phenols is 2. The van der Waals surface area contributed by atoms with Gasteiger partial charge in [-0.1, -0.05) is 64.6 Å². The molecule has 1 atom stereocenters. The van der Waals surface area contributed by atoms with Crippen molar-refractivity contribution in [2.24, 2.45) is 0 Å². The fourth-order valence-corrected chi connectivity index (χ4v) is 5.59. The second-order valence-electron chi connectivity index (χ2n) is 6.12. The Hall–Kier alpha value is -1.67. The van der Waals surface area contributed by atoms with Crippen molar-refractivity contribution in [2.75, 3.05) is 0 Å². The lowest BCUT2D eigenvalue weighted by atomic mass is 9.83. The summed E-state index contributed by atoms with van der Waals surface area (Å²) in [5.74, 6) is -0.872. The first-order valence-corrected chi connectivity index (χ1v) is 10.8. The Morgan fingerprint density at radius 1 is 0.793 bits per heavy atom. The summed E-state index contributed by atoms with van der Waals surface area (Å²) in [6.07, 6.45) is 0. The van der Waals surface area contributed by atoms with Crippen molar-refractivity contribution in [1.29, 1.82) is 0 Å². The third-order valence-corrected chi connectivity index (χ3v) is 7.02. The molecular weight excluding hydrogens is 482 g/mol. The smallest absolute Gasteiger partial charge is 0.283 e. The van der Waals surface area contributed by atoms with Crippen LogP contribution in [0, 0.1) is 0 Å². The summed E-state index contributed by atoms with van der Waals surface area (Å²) in [4.78, 5) is 0. The Bertz CT molecular complexity index is 1190. The average Bonchev–Trinajstić information content (AvgIpc) is 2.59. The summed E-state index contributed by atoms with van der Waals surface area (Å²) in [6.45, 7) is 0. The Balaban J connectivity index is 2.65. The second-order valence-corrected chi connectivity index (χ2v) is 9.34. The Labute approximate surface area is 186 Å². The largest absolute Gasteiger partial charge is 0.508 e. The quantitative estimate of drug-likeness (QED) is 0.311. The van der Waals surface area contributed by atoms with Crippen molar-refractivity contribution in [1.82, 2.24) is 0 Å². The highest BCUT2D eigenvalue weighted by Crippen LogP contribution is 2.51. The van der Waals surface area contributed by atoms with E-state index in [9.17, 15) is 23.2 Å². The van der Waals surface area contributed by atoms with Gasteiger partial charge in [-0.05, 0) is 35.9 Å². The molecule has 0 spiro atoms. The molecule has 152 valence electrons. The second kappa shape index (κ2) is 7.87. The zero-order valence-electron chi connectivity index (χ0n) is 14.3. The van der Waals surface area contributed by atoms with Gasteiger partial charge >= 0.3 is 0 Å². The predicted octanol–water partition coefficient (Wildman–Crippen LogP) is 5.89. The lowest BCUT2D eigenvalue weighted by molar-refractivity contribution is 0.439. The molecule has 0 aliphatic heterocycles. The molecule has 0 bridgehead atoms. The van der Waals surface area contributed by atoms with E-state index >= 15 is 0 Å². The van der Waals surface area contributed by atoms with Crippen LogP contribution in [0.1, 0.15) is 16.7 Å². The average molecular weight is 494 g/mol. The zero-order chi connectivity index (χ0) is 21.6. The van der Waals surface area contributed by atoms with E-state index in [1.165, 1.54) is 42.5 Å².